The van der Waals surface area contributed by atoms with Crippen LogP contribution in [0.15, 0.2) is 18.2 Å². The second-order valence-corrected chi connectivity index (χ2v) is 4.44. The van der Waals surface area contributed by atoms with Gasteiger partial charge in [0.05, 0.1) is 0 Å². The minimum atomic E-state index is -4.22. The van der Waals surface area contributed by atoms with E-state index in [9.17, 15) is 13.2 Å². The van der Waals surface area contributed by atoms with Gasteiger partial charge in [-0.2, -0.15) is 13.2 Å². The summed E-state index contributed by atoms with van der Waals surface area (Å²) in [6, 6.07) is 4.77. The summed E-state index contributed by atoms with van der Waals surface area (Å²) in [6.45, 7) is 4.30. The van der Waals surface area contributed by atoms with Crippen molar-refractivity contribution in [3.8, 4) is 0 Å². The van der Waals surface area contributed by atoms with E-state index in [1.54, 1.807) is 32.0 Å². The average molecular weight is 246 g/mol. The number of alkyl halides is 3. The van der Waals surface area contributed by atoms with Crippen LogP contribution in [0, 0.1) is 6.92 Å². The third-order valence-corrected chi connectivity index (χ3v) is 2.39. The van der Waals surface area contributed by atoms with Gasteiger partial charge < -0.3 is 10.6 Å². The van der Waals surface area contributed by atoms with E-state index in [2.05, 4.69) is 0 Å². The van der Waals surface area contributed by atoms with Gasteiger partial charge in [0.25, 0.3) is 0 Å². The van der Waals surface area contributed by atoms with E-state index >= 15 is 0 Å². The van der Waals surface area contributed by atoms with Crippen LogP contribution in [-0.2, 0) is 0 Å². The number of hydrogen-bond acceptors (Lipinski definition) is 2. The molecule has 0 bridgehead atoms. The van der Waals surface area contributed by atoms with Gasteiger partial charge in [-0.3, -0.25) is 0 Å². The summed E-state index contributed by atoms with van der Waals surface area (Å²) >= 11 is 0. The van der Waals surface area contributed by atoms with Crippen LogP contribution in [0.25, 0.3) is 0 Å². The topological polar surface area (TPSA) is 29.3 Å². The molecule has 0 aliphatic carbocycles. The van der Waals surface area contributed by atoms with Crippen LogP contribution >= 0.6 is 0 Å². The molecule has 1 aromatic carbocycles. The number of rotatable bonds is 3. The zero-order chi connectivity index (χ0) is 13.2. The Labute approximate surface area is 99.2 Å². The molecule has 2 N–H and O–H groups in total. The number of hydrogen-bond donors (Lipinski definition) is 1. The van der Waals surface area contributed by atoms with Crippen molar-refractivity contribution in [1.82, 2.24) is 0 Å². The molecule has 0 saturated heterocycles. The number of nitrogen functional groups attached to an aromatic ring is 1. The van der Waals surface area contributed by atoms with Gasteiger partial charge in [-0.25, -0.2) is 0 Å². The van der Waals surface area contributed by atoms with E-state index in [4.69, 9.17) is 5.73 Å². The summed E-state index contributed by atoms with van der Waals surface area (Å²) in [6.07, 6.45) is -4.22. The average Bonchev–Trinajstić information content (AvgIpc) is 2.10. The lowest BCUT2D eigenvalue weighted by Gasteiger charge is -2.30. The first kappa shape index (κ1) is 13.7. The van der Waals surface area contributed by atoms with Gasteiger partial charge >= 0.3 is 6.18 Å². The highest BCUT2D eigenvalue weighted by molar-refractivity contribution is 5.58. The first-order chi connectivity index (χ1) is 7.69. The fraction of sp³-hybridized carbons (Fsp3) is 0.500. The summed E-state index contributed by atoms with van der Waals surface area (Å²) < 4.78 is 37.4. The molecule has 17 heavy (non-hydrogen) atoms. The van der Waals surface area contributed by atoms with Crippen molar-refractivity contribution < 1.29 is 13.2 Å². The van der Waals surface area contributed by atoms with E-state index in [1.807, 2.05) is 6.92 Å². The number of halogens is 3. The van der Waals surface area contributed by atoms with Crippen molar-refractivity contribution in [3.63, 3.8) is 0 Å². The maximum atomic E-state index is 12.5. The van der Waals surface area contributed by atoms with Crippen molar-refractivity contribution in [1.29, 1.82) is 0 Å². The molecule has 2 nitrogen and oxygen atoms in total. The number of aryl methyl sites for hydroxylation is 1. The number of nitrogens with two attached hydrogens (primary N) is 1. The van der Waals surface area contributed by atoms with E-state index in [-0.39, 0.29) is 6.04 Å². The second kappa shape index (κ2) is 4.85. The van der Waals surface area contributed by atoms with Gasteiger partial charge in [0, 0.05) is 17.4 Å². The summed E-state index contributed by atoms with van der Waals surface area (Å²) in [4.78, 5) is 1.30. The molecule has 0 aromatic heterocycles. The van der Waals surface area contributed by atoms with Gasteiger partial charge in [0.1, 0.15) is 6.54 Å². The molecule has 0 saturated carbocycles. The van der Waals surface area contributed by atoms with Crippen LogP contribution < -0.4 is 10.6 Å². The summed E-state index contributed by atoms with van der Waals surface area (Å²) in [7, 11) is 0. The van der Waals surface area contributed by atoms with Crippen LogP contribution in [0.2, 0.25) is 0 Å². The lowest BCUT2D eigenvalue weighted by atomic mass is 10.1. The molecule has 1 rings (SSSR count). The van der Waals surface area contributed by atoms with Crippen LogP contribution in [-0.4, -0.2) is 18.8 Å². The Balaban J connectivity index is 3.05. The third-order valence-electron chi connectivity index (χ3n) is 2.39. The van der Waals surface area contributed by atoms with E-state index in [1.165, 1.54) is 4.90 Å². The predicted molar refractivity (Wildman–Crippen MR) is 64.1 cm³/mol. The Hall–Kier alpha value is -1.39. The Morgan fingerprint density at radius 1 is 1.24 bits per heavy atom. The molecule has 0 amide bonds. The van der Waals surface area contributed by atoms with Crippen molar-refractivity contribution in [2.45, 2.75) is 33.0 Å². The molecular formula is C12H17F3N2. The quantitative estimate of drug-likeness (QED) is 0.829. The molecule has 0 aliphatic rings. The fourth-order valence-corrected chi connectivity index (χ4v) is 1.72. The number of nitrogens with zero attached hydrogens (tertiary/aromatic N) is 1. The zero-order valence-corrected chi connectivity index (χ0v) is 10.2. The Kier molecular flexibility index (Phi) is 3.91. The fourth-order valence-electron chi connectivity index (χ4n) is 1.72. The highest BCUT2D eigenvalue weighted by Crippen LogP contribution is 2.26. The van der Waals surface area contributed by atoms with Gasteiger partial charge in [0.2, 0.25) is 0 Å². The van der Waals surface area contributed by atoms with E-state index in [0.717, 1.165) is 5.56 Å². The molecule has 96 valence electrons. The molecular weight excluding hydrogens is 229 g/mol. The van der Waals surface area contributed by atoms with Crippen molar-refractivity contribution in [3.05, 3.63) is 23.8 Å². The van der Waals surface area contributed by atoms with Crippen LogP contribution in [0.3, 0.4) is 0 Å². The van der Waals surface area contributed by atoms with Crippen LogP contribution in [0.1, 0.15) is 19.4 Å². The summed E-state index contributed by atoms with van der Waals surface area (Å²) in [5.74, 6) is 0. The van der Waals surface area contributed by atoms with Gasteiger partial charge in [-0.05, 0) is 44.5 Å². The minimum Gasteiger partial charge on any atom is -0.399 e. The van der Waals surface area contributed by atoms with Gasteiger partial charge in [0.15, 0.2) is 0 Å². The zero-order valence-electron chi connectivity index (χ0n) is 10.2. The molecule has 0 unspecified atom stereocenters. The minimum absolute atomic E-state index is 0.238. The molecule has 0 heterocycles. The number of anilines is 2. The first-order valence-corrected chi connectivity index (χ1v) is 5.39. The molecule has 1 aromatic rings. The summed E-state index contributed by atoms with van der Waals surface area (Å²) in [5.41, 5.74) is 7.50. The smallest absolute Gasteiger partial charge is 0.399 e. The normalized spacial score (nSPS) is 11.9. The van der Waals surface area contributed by atoms with Crippen molar-refractivity contribution in [2.75, 3.05) is 17.2 Å². The van der Waals surface area contributed by atoms with Gasteiger partial charge in [-0.15, -0.1) is 0 Å². The van der Waals surface area contributed by atoms with Crippen LogP contribution in [0.5, 0.6) is 0 Å². The first-order valence-electron chi connectivity index (χ1n) is 5.39. The van der Waals surface area contributed by atoms with Crippen molar-refractivity contribution >= 4 is 11.4 Å². The monoisotopic (exact) mass is 246 g/mol. The maximum absolute atomic E-state index is 12.5. The highest BCUT2D eigenvalue weighted by atomic mass is 19.4. The maximum Gasteiger partial charge on any atom is 0.405 e. The van der Waals surface area contributed by atoms with Crippen LogP contribution in [0.4, 0.5) is 24.5 Å². The molecule has 0 fully saturated rings. The van der Waals surface area contributed by atoms with E-state index in [0.29, 0.717) is 11.4 Å². The second-order valence-electron chi connectivity index (χ2n) is 4.44. The Morgan fingerprint density at radius 3 is 2.24 bits per heavy atom. The highest BCUT2D eigenvalue weighted by Gasteiger charge is 2.32. The largest absolute Gasteiger partial charge is 0.405 e. The van der Waals surface area contributed by atoms with E-state index < -0.39 is 12.7 Å². The van der Waals surface area contributed by atoms with Gasteiger partial charge in [-0.1, -0.05) is 0 Å². The van der Waals surface area contributed by atoms with Crippen molar-refractivity contribution in [2.24, 2.45) is 0 Å². The Bertz CT molecular complexity index is 366. The lowest BCUT2D eigenvalue weighted by Crippen LogP contribution is -2.39. The molecule has 0 atom stereocenters. The predicted octanol–water partition coefficient (Wildman–Crippen LogP) is 3.35. The molecule has 0 aliphatic heterocycles. The molecule has 0 spiro atoms. The molecule has 0 radical (unpaired) electrons. The molecule has 5 heteroatoms. The SMILES string of the molecule is Cc1cc(N)cc(N(CC(F)(F)F)C(C)C)c1. The third kappa shape index (κ3) is 4.17. The standard InChI is InChI=1S/C12H17F3N2/c1-8(2)17(7-12(13,14)15)11-5-9(3)4-10(16)6-11/h4-6,8H,7,16H2,1-3H3. The number of benzene rings is 1. The lowest BCUT2D eigenvalue weighted by molar-refractivity contribution is -0.120. The summed E-state index contributed by atoms with van der Waals surface area (Å²) in [5, 5.41) is 0. The Morgan fingerprint density at radius 2 is 1.82 bits per heavy atom.